The third kappa shape index (κ3) is 2.27. The van der Waals surface area contributed by atoms with E-state index in [1.54, 1.807) is 0 Å². The Morgan fingerprint density at radius 3 is 2.79 bits per heavy atom. The van der Waals surface area contributed by atoms with Crippen molar-refractivity contribution in [1.29, 1.82) is 5.26 Å². The van der Waals surface area contributed by atoms with Crippen LogP contribution in [0.3, 0.4) is 0 Å². The molecule has 3 rings (SSSR count). The van der Waals surface area contributed by atoms with Gasteiger partial charge in [-0.1, -0.05) is 34.1 Å². The molecule has 0 radical (unpaired) electrons. The first kappa shape index (κ1) is 12.0. The second-order valence-electron chi connectivity index (χ2n) is 4.42. The lowest BCUT2D eigenvalue weighted by Gasteiger charge is -2.07. The molecule has 0 aliphatic heterocycles. The minimum atomic E-state index is 0.717. The summed E-state index contributed by atoms with van der Waals surface area (Å²) in [6.45, 7) is 0.717. The van der Waals surface area contributed by atoms with Crippen molar-refractivity contribution < 1.29 is 0 Å². The highest BCUT2D eigenvalue weighted by Gasteiger charge is 2.05. The Morgan fingerprint density at radius 1 is 1.11 bits per heavy atom. The summed E-state index contributed by atoms with van der Waals surface area (Å²) in [6, 6.07) is 18.3. The number of fused-ring (bicyclic) bond motifs is 1. The molecular formula is C16H11BrN2. The Hall–Kier alpha value is -2.05. The summed E-state index contributed by atoms with van der Waals surface area (Å²) in [5, 5.41) is 10.3. The Morgan fingerprint density at radius 2 is 1.95 bits per heavy atom. The molecule has 19 heavy (non-hydrogen) atoms. The number of aromatic nitrogens is 1. The van der Waals surface area contributed by atoms with E-state index in [0.29, 0.717) is 0 Å². The summed E-state index contributed by atoms with van der Waals surface area (Å²) in [7, 11) is 0. The quantitative estimate of drug-likeness (QED) is 0.693. The van der Waals surface area contributed by atoms with E-state index in [1.165, 1.54) is 10.9 Å². The van der Waals surface area contributed by atoms with Crippen LogP contribution in [0.5, 0.6) is 0 Å². The highest BCUT2D eigenvalue weighted by molar-refractivity contribution is 9.10. The number of halogens is 1. The first-order valence-corrected chi connectivity index (χ1v) is 6.79. The number of nitriles is 1. The fraction of sp³-hybridized carbons (Fsp3) is 0.0625. The molecule has 1 aromatic heterocycles. The maximum absolute atomic E-state index is 9.13. The Bertz CT molecular complexity index is 781. The molecule has 0 fully saturated rings. The van der Waals surface area contributed by atoms with Gasteiger partial charge >= 0.3 is 0 Å². The molecule has 0 atom stereocenters. The van der Waals surface area contributed by atoms with E-state index in [-0.39, 0.29) is 0 Å². The predicted octanol–water partition coefficient (Wildman–Crippen LogP) is 4.32. The molecule has 3 aromatic rings. The van der Waals surface area contributed by atoms with Crippen molar-refractivity contribution in [3.05, 3.63) is 70.3 Å². The highest BCUT2D eigenvalue weighted by atomic mass is 79.9. The van der Waals surface area contributed by atoms with Crippen LogP contribution in [-0.4, -0.2) is 4.57 Å². The lowest BCUT2D eigenvalue weighted by molar-refractivity contribution is 0.834. The van der Waals surface area contributed by atoms with Crippen LogP contribution in [0.15, 0.2) is 59.2 Å². The van der Waals surface area contributed by atoms with Gasteiger partial charge in [0.25, 0.3) is 0 Å². The van der Waals surface area contributed by atoms with Gasteiger partial charge in [0.1, 0.15) is 0 Å². The number of benzene rings is 2. The Kier molecular flexibility index (Phi) is 3.10. The molecule has 0 bridgehead atoms. The number of rotatable bonds is 2. The lowest BCUT2D eigenvalue weighted by Crippen LogP contribution is -1.99. The molecule has 0 saturated carbocycles. The van der Waals surface area contributed by atoms with Gasteiger partial charge in [0.2, 0.25) is 0 Å². The van der Waals surface area contributed by atoms with Crippen molar-refractivity contribution in [2.45, 2.75) is 6.54 Å². The number of hydrogen-bond acceptors (Lipinski definition) is 1. The topological polar surface area (TPSA) is 28.7 Å². The first-order chi connectivity index (χ1) is 9.28. The second-order valence-corrected chi connectivity index (χ2v) is 5.33. The Labute approximate surface area is 120 Å². The Balaban J connectivity index is 2.04. The monoisotopic (exact) mass is 310 g/mol. The molecule has 3 heteroatoms. The molecule has 1 heterocycles. The van der Waals surface area contributed by atoms with Crippen LogP contribution in [0.25, 0.3) is 10.9 Å². The molecule has 0 unspecified atom stereocenters. The average Bonchev–Trinajstić information content (AvgIpc) is 2.82. The van der Waals surface area contributed by atoms with E-state index in [9.17, 15) is 0 Å². The van der Waals surface area contributed by atoms with Crippen LogP contribution in [0.4, 0.5) is 0 Å². The van der Waals surface area contributed by atoms with Gasteiger partial charge in [-0.2, -0.15) is 5.26 Å². The van der Waals surface area contributed by atoms with Crippen molar-refractivity contribution in [3.8, 4) is 6.07 Å². The molecule has 0 aliphatic carbocycles. The van der Waals surface area contributed by atoms with Crippen LogP contribution in [0.1, 0.15) is 11.1 Å². The average molecular weight is 311 g/mol. The summed E-state index contributed by atoms with van der Waals surface area (Å²) in [4.78, 5) is 0. The van der Waals surface area contributed by atoms with Crippen LogP contribution in [-0.2, 0) is 6.54 Å². The molecule has 92 valence electrons. The lowest BCUT2D eigenvalue weighted by atomic mass is 10.1. The van der Waals surface area contributed by atoms with Gasteiger partial charge < -0.3 is 4.57 Å². The van der Waals surface area contributed by atoms with Crippen LogP contribution >= 0.6 is 15.9 Å². The summed E-state index contributed by atoms with van der Waals surface area (Å²) in [6.07, 6.45) is 2.06. The van der Waals surface area contributed by atoms with Gasteiger partial charge in [-0.15, -0.1) is 0 Å². The SMILES string of the molecule is N#Cc1ccccc1Cn1ccc2cc(Br)ccc21. The van der Waals surface area contributed by atoms with Crippen molar-refractivity contribution in [3.63, 3.8) is 0 Å². The standard InChI is InChI=1S/C16H11BrN2/c17-15-5-6-16-12(9-15)7-8-19(16)11-14-4-2-1-3-13(14)10-18/h1-9H,11H2. The predicted molar refractivity (Wildman–Crippen MR) is 79.9 cm³/mol. The van der Waals surface area contributed by atoms with Gasteiger partial charge in [0.05, 0.1) is 11.6 Å². The van der Waals surface area contributed by atoms with E-state index in [0.717, 1.165) is 22.1 Å². The summed E-state index contributed by atoms with van der Waals surface area (Å²) in [5.74, 6) is 0. The van der Waals surface area contributed by atoms with Crippen molar-refractivity contribution in [1.82, 2.24) is 4.57 Å². The molecule has 0 saturated heterocycles. The normalized spacial score (nSPS) is 10.5. The second kappa shape index (κ2) is 4.91. The van der Waals surface area contributed by atoms with E-state index in [4.69, 9.17) is 5.26 Å². The summed E-state index contributed by atoms with van der Waals surface area (Å²) >= 11 is 3.48. The third-order valence-corrected chi connectivity index (χ3v) is 3.70. The minimum Gasteiger partial charge on any atom is -0.343 e. The van der Waals surface area contributed by atoms with Gasteiger partial charge in [-0.3, -0.25) is 0 Å². The molecule has 2 aromatic carbocycles. The van der Waals surface area contributed by atoms with Crippen LogP contribution < -0.4 is 0 Å². The van der Waals surface area contributed by atoms with Crippen LogP contribution in [0, 0.1) is 11.3 Å². The molecule has 0 N–H and O–H groups in total. The summed E-state index contributed by atoms with van der Waals surface area (Å²) in [5.41, 5.74) is 2.96. The third-order valence-electron chi connectivity index (χ3n) is 3.21. The van der Waals surface area contributed by atoms with Gasteiger partial charge in [-0.25, -0.2) is 0 Å². The van der Waals surface area contributed by atoms with E-state index in [2.05, 4.69) is 51.0 Å². The summed E-state index contributed by atoms with van der Waals surface area (Å²) < 4.78 is 3.24. The largest absolute Gasteiger partial charge is 0.343 e. The first-order valence-electron chi connectivity index (χ1n) is 6.00. The molecule has 0 aliphatic rings. The zero-order valence-electron chi connectivity index (χ0n) is 10.2. The number of nitrogens with zero attached hydrogens (tertiary/aromatic N) is 2. The fourth-order valence-corrected chi connectivity index (χ4v) is 2.64. The number of hydrogen-bond donors (Lipinski definition) is 0. The zero-order chi connectivity index (χ0) is 13.2. The molecular weight excluding hydrogens is 300 g/mol. The van der Waals surface area contributed by atoms with Crippen molar-refractivity contribution >= 4 is 26.8 Å². The van der Waals surface area contributed by atoms with E-state index >= 15 is 0 Å². The van der Waals surface area contributed by atoms with Crippen molar-refractivity contribution in [2.75, 3.05) is 0 Å². The minimum absolute atomic E-state index is 0.717. The smallest absolute Gasteiger partial charge is 0.0995 e. The van der Waals surface area contributed by atoms with Gasteiger partial charge in [0.15, 0.2) is 0 Å². The van der Waals surface area contributed by atoms with E-state index in [1.807, 2.05) is 30.3 Å². The van der Waals surface area contributed by atoms with Crippen LogP contribution in [0.2, 0.25) is 0 Å². The maximum Gasteiger partial charge on any atom is 0.0995 e. The maximum atomic E-state index is 9.13. The van der Waals surface area contributed by atoms with Crippen molar-refractivity contribution in [2.24, 2.45) is 0 Å². The fourth-order valence-electron chi connectivity index (χ4n) is 2.26. The molecule has 0 amide bonds. The van der Waals surface area contributed by atoms with Gasteiger partial charge in [-0.05, 0) is 35.9 Å². The highest BCUT2D eigenvalue weighted by Crippen LogP contribution is 2.22. The van der Waals surface area contributed by atoms with Gasteiger partial charge in [0, 0.05) is 28.1 Å². The van der Waals surface area contributed by atoms with E-state index < -0.39 is 0 Å². The molecule has 2 nitrogen and oxygen atoms in total. The molecule has 0 spiro atoms. The zero-order valence-corrected chi connectivity index (χ0v) is 11.8.